The Bertz CT molecular complexity index is 547. The molecule has 20 heavy (non-hydrogen) atoms. The molecule has 2 aliphatic heterocycles. The number of hydrogen-bond acceptors (Lipinski definition) is 2. The van der Waals surface area contributed by atoms with Crippen LogP contribution in [-0.4, -0.2) is 36.5 Å². The second-order valence-corrected chi connectivity index (χ2v) is 5.71. The Kier molecular flexibility index (Phi) is 3.46. The summed E-state index contributed by atoms with van der Waals surface area (Å²) in [7, 11) is 0. The van der Waals surface area contributed by atoms with Gasteiger partial charge in [-0.05, 0) is 37.3 Å². The van der Waals surface area contributed by atoms with Crippen LogP contribution in [-0.2, 0) is 0 Å². The minimum Gasteiger partial charge on any atom is -0.334 e. The van der Waals surface area contributed by atoms with Crippen molar-refractivity contribution in [2.45, 2.75) is 25.8 Å². The predicted octanol–water partition coefficient (Wildman–Crippen LogP) is 2.10. The number of piperidine rings is 1. The number of nitrogens with zero attached hydrogens (tertiary/aromatic N) is 1. The van der Waals surface area contributed by atoms with Crippen LogP contribution in [0.1, 0.15) is 28.8 Å². The van der Waals surface area contributed by atoms with E-state index >= 15 is 0 Å². The van der Waals surface area contributed by atoms with Gasteiger partial charge in [-0.3, -0.25) is 4.79 Å². The normalized spacial score (nSPS) is 25.6. The summed E-state index contributed by atoms with van der Waals surface area (Å²) in [6, 6.07) is 2.26. The van der Waals surface area contributed by atoms with Crippen LogP contribution < -0.4 is 5.32 Å². The maximum atomic E-state index is 13.9. The van der Waals surface area contributed by atoms with Crippen molar-refractivity contribution in [3.63, 3.8) is 0 Å². The number of benzene rings is 1. The van der Waals surface area contributed by atoms with Crippen LogP contribution in [0.3, 0.4) is 0 Å². The van der Waals surface area contributed by atoms with Crippen molar-refractivity contribution in [3.8, 4) is 0 Å². The van der Waals surface area contributed by atoms with Gasteiger partial charge >= 0.3 is 0 Å². The molecule has 0 bridgehead atoms. The number of hydrogen-bond donors (Lipinski definition) is 1. The van der Waals surface area contributed by atoms with Gasteiger partial charge in [0.25, 0.3) is 5.91 Å². The van der Waals surface area contributed by atoms with Gasteiger partial charge in [0, 0.05) is 31.7 Å². The van der Waals surface area contributed by atoms with E-state index in [0.29, 0.717) is 18.0 Å². The van der Waals surface area contributed by atoms with E-state index in [9.17, 15) is 13.6 Å². The van der Waals surface area contributed by atoms with Crippen molar-refractivity contribution in [1.29, 1.82) is 0 Å². The summed E-state index contributed by atoms with van der Waals surface area (Å²) in [5.74, 6) is -1.24. The van der Waals surface area contributed by atoms with Crippen LogP contribution in [0.5, 0.6) is 0 Å². The number of likely N-dealkylation sites (tertiary alicyclic amines) is 1. The molecule has 0 spiro atoms. The number of aryl methyl sites for hydroxylation is 1. The van der Waals surface area contributed by atoms with E-state index in [4.69, 9.17) is 0 Å². The molecule has 5 heteroatoms. The highest BCUT2D eigenvalue weighted by atomic mass is 19.1. The molecule has 0 aromatic heterocycles. The van der Waals surface area contributed by atoms with Crippen molar-refractivity contribution in [3.05, 3.63) is 34.9 Å². The number of carbonyl (C=O) groups excluding carboxylic acids is 1. The van der Waals surface area contributed by atoms with Gasteiger partial charge in [0.05, 0.1) is 5.56 Å². The van der Waals surface area contributed by atoms with E-state index in [2.05, 4.69) is 5.32 Å². The summed E-state index contributed by atoms with van der Waals surface area (Å²) in [4.78, 5) is 14.3. The predicted molar refractivity (Wildman–Crippen MR) is 71.5 cm³/mol. The molecule has 1 amide bonds. The maximum absolute atomic E-state index is 13.9. The Morgan fingerprint density at radius 2 is 2.10 bits per heavy atom. The lowest BCUT2D eigenvalue weighted by molar-refractivity contribution is 0.0570. The van der Waals surface area contributed by atoms with Gasteiger partial charge < -0.3 is 10.2 Å². The summed E-state index contributed by atoms with van der Waals surface area (Å²) in [5, 5.41) is 3.29. The summed E-state index contributed by atoms with van der Waals surface area (Å²) >= 11 is 0. The fraction of sp³-hybridized carbons (Fsp3) is 0.533. The first-order valence-electron chi connectivity index (χ1n) is 7.05. The molecule has 108 valence electrons. The Morgan fingerprint density at radius 3 is 2.90 bits per heavy atom. The van der Waals surface area contributed by atoms with Gasteiger partial charge in [0.15, 0.2) is 0 Å². The lowest BCUT2D eigenvalue weighted by Gasteiger charge is -2.37. The van der Waals surface area contributed by atoms with E-state index in [1.165, 1.54) is 6.07 Å². The smallest absolute Gasteiger partial charge is 0.257 e. The van der Waals surface area contributed by atoms with E-state index in [-0.39, 0.29) is 17.5 Å². The topological polar surface area (TPSA) is 32.3 Å². The van der Waals surface area contributed by atoms with E-state index in [1.54, 1.807) is 11.8 Å². The van der Waals surface area contributed by atoms with Gasteiger partial charge in [-0.25, -0.2) is 8.78 Å². The van der Waals surface area contributed by atoms with Gasteiger partial charge in [-0.15, -0.1) is 0 Å². The first kappa shape index (κ1) is 13.5. The molecule has 1 N–H and O–H groups in total. The van der Waals surface area contributed by atoms with Crippen molar-refractivity contribution in [2.75, 3.05) is 19.6 Å². The molecule has 3 rings (SSSR count). The van der Waals surface area contributed by atoms with Gasteiger partial charge in [0.2, 0.25) is 0 Å². The van der Waals surface area contributed by atoms with Crippen LogP contribution >= 0.6 is 0 Å². The van der Waals surface area contributed by atoms with E-state index < -0.39 is 11.6 Å². The number of carbonyl (C=O) groups is 1. The quantitative estimate of drug-likeness (QED) is 0.854. The van der Waals surface area contributed by atoms with Crippen LogP contribution in [0, 0.1) is 24.5 Å². The number of rotatable bonds is 1. The molecule has 2 fully saturated rings. The molecule has 1 aromatic rings. The van der Waals surface area contributed by atoms with Gasteiger partial charge in [-0.1, -0.05) is 0 Å². The molecule has 3 nitrogen and oxygen atoms in total. The summed E-state index contributed by atoms with van der Waals surface area (Å²) in [6.07, 6.45) is 2.04. The number of nitrogens with one attached hydrogen (secondary N) is 1. The summed E-state index contributed by atoms with van der Waals surface area (Å²) in [6.45, 7) is 3.87. The SMILES string of the molecule is Cc1cc(C(=O)N2CCCC3CNCC32)c(F)cc1F. The molecular weight excluding hydrogens is 262 g/mol. The van der Waals surface area contributed by atoms with Crippen molar-refractivity contribution >= 4 is 5.91 Å². The van der Waals surface area contributed by atoms with Crippen LogP contribution in [0.15, 0.2) is 12.1 Å². The third kappa shape index (κ3) is 2.20. The minimum atomic E-state index is -0.772. The summed E-state index contributed by atoms with van der Waals surface area (Å²) in [5.41, 5.74) is 0.282. The van der Waals surface area contributed by atoms with Crippen molar-refractivity contribution in [1.82, 2.24) is 10.2 Å². The third-order valence-electron chi connectivity index (χ3n) is 4.42. The Balaban J connectivity index is 1.90. The summed E-state index contributed by atoms with van der Waals surface area (Å²) < 4.78 is 27.2. The average molecular weight is 280 g/mol. The fourth-order valence-corrected chi connectivity index (χ4v) is 3.30. The first-order valence-corrected chi connectivity index (χ1v) is 7.05. The largest absolute Gasteiger partial charge is 0.334 e. The van der Waals surface area contributed by atoms with Crippen molar-refractivity contribution in [2.24, 2.45) is 5.92 Å². The highest BCUT2D eigenvalue weighted by molar-refractivity contribution is 5.95. The molecule has 2 saturated heterocycles. The fourth-order valence-electron chi connectivity index (χ4n) is 3.30. The highest BCUT2D eigenvalue weighted by Crippen LogP contribution is 2.28. The second-order valence-electron chi connectivity index (χ2n) is 5.71. The molecule has 0 saturated carbocycles. The Labute approximate surface area is 117 Å². The molecule has 2 unspecified atom stereocenters. The number of amides is 1. The average Bonchev–Trinajstić information content (AvgIpc) is 2.90. The highest BCUT2D eigenvalue weighted by Gasteiger charge is 2.38. The lowest BCUT2D eigenvalue weighted by atomic mass is 9.91. The lowest BCUT2D eigenvalue weighted by Crippen LogP contribution is -2.48. The van der Waals surface area contributed by atoms with Crippen molar-refractivity contribution < 1.29 is 13.6 Å². The zero-order valence-electron chi connectivity index (χ0n) is 11.5. The zero-order valence-corrected chi connectivity index (χ0v) is 11.5. The van der Waals surface area contributed by atoms with E-state index in [0.717, 1.165) is 32.0 Å². The number of fused-ring (bicyclic) bond motifs is 1. The van der Waals surface area contributed by atoms with Crippen LogP contribution in [0.2, 0.25) is 0 Å². The van der Waals surface area contributed by atoms with Gasteiger partial charge in [-0.2, -0.15) is 0 Å². The molecule has 0 radical (unpaired) electrons. The van der Waals surface area contributed by atoms with Gasteiger partial charge in [0.1, 0.15) is 11.6 Å². The first-order chi connectivity index (χ1) is 9.58. The Morgan fingerprint density at radius 1 is 1.30 bits per heavy atom. The molecule has 2 aliphatic rings. The van der Waals surface area contributed by atoms with Crippen LogP contribution in [0.4, 0.5) is 8.78 Å². The third-order valence-corrected chi connectivity index (χ3v) is 4.42. The monoisotopic (exact) mass is 280 g/mol. The molecule has 1 aromatic carbocycles. The number of halogens is 2. The molecular formula is C15H18F2N2O. The molecule has 2 atom stereocenters. The zero-order chi connectivity index (χ0) is 14.3. The Hall–Kier alpha value is -1.49. The van der Waals surface area contributed by atoms with Crippen LogP contribution in [0.25, 0.3) is 0 Å². The molecule has 0 aliphatic carbocycles. The second kappa shape index (κ2) is 5.13. The minimum absolute atomic E-state index is 0.0172. The van der Waals surface area contributed by atoms with E-state index in [1.807, 2.05) is 0 Å². The maximum Gasteiger partial charge on any atom is 0.257 e. The molecule has 2 heterocycles. The standard InChI is InChI=1S/C15H18F2N2O/c1-9-5-11(13(17)6-12(9)16)15(20)19-4-2-3-10-7-18-8-14(10)19/h5-6,10,14,18H,2-4,7-8H2,1H3.